The Hall–Kier alpha value is -1.74. The fourth-order valence-electron chi connectivity index (χ4n) is 0.965. The first-order valence-corrected chi connectivity index (χ1v) is 5.90. The summed E-state index contributed by atoms with van der Waals surface area (Å²) in [7, 11) is 0. The van der Waals surface area contributed by atoms with Gasteiger partial charge in [-0.15, -0.1) is 11.6 Å². The van der Waals surface area contributed by atoms with E-state index in [1.807, 2.05) is 30.3 Å². The third kappa shape index (κ3) is 6.76. The average Bonchev–Trinajstić information content (AvgIpc) is 2.39. The van der Waals surface area contributed by atoms with E-state index in [1.54, 1.807) is 6.92 Å². The zero-order valence-electron chi connectivity index (χ0n) is 10.4. The molecule has 0 heterocycles. The van der Waals surface area contributed by atoms with Gasteiger partial charge in [0.1, 0.15) is 0 Å². The number of esters is 1. The minimum atomic E-state index is -0.757. The lowest BCUT2D eigenvalue weighted by atomic mass is 10.1. The maximum atomic E-state index is 10.2. The van der Waals surface area contributed by atoms with Gasteiger partial charge in [-0.25, -0.2) is 4.79 Å². The largest absolute Gasteiger partial charge is 0.502 e. The Balaban J connectivity index is 0.000000331. The lowest BCUT2D eigenvalue weighted by Crippen LogP contribution is -2.05. The van der Waals surface area contributed by atoms with E-state index in [9.17, 15) is 4.79 Å². The zero-order chi connectivity index (χ0) is 14.0. The predicted molar refractivity (Wildman–Crippen MR) is 74.6 cm³/mol. The summed E-state index contributed by atoms with van der Waals surface area (Å²) >= 11 is 5.59. The smallest absolute Gasteiger partial charge is 0.372 e. The Kier molecular flexibility index (Phi) is 8.41. The molecule has 1 aromatic carbocycles. The topological polar surface area (TPSA) is 46.5 Å². The number of aliphatic hydroxyl groups is 1. The third-order valence-corrected chi connectivity index (χ3v) is 2.18. The normalized spacial score (nSPS) is 8.78. The molecular weight excluding hydrogens is 252 g/mol. The van der Waals surface area contributed by atoms with Gasteiger partial charge >= 0.3 is 5.97 Å². The van der Waals surface area contributed by atoms with Crippen LogP contribution in [-0.4, -0.2) is 23.6 Å². The molecule has 0 fully saturated rings. The van der Waals surface area contributed by atoms with Crippen molar-refractivity contribution in [2.24, 2.45) is 0 Å². The Bertz CT molecular complexity index is 399. The number of aliphatic hydroxyl groups excluding tert-OH is 1. The van der Waals surface area contributed by atoms with E-state index in [0.29, 0.717) is 5.88 Å². The molecule has 0 amide bonds. The highest BCUT2D eigenvalue weighted by atomic mass is 35.5. The zero-order valence-corrected chi connectivity index (χ0v) is 11.1. The summed E-state index contributed by atoms with van der Waals surface area (Å²) in [5, 5.41) is 8.28. The second-order valence-corrected chi connectivity index (χ2v) is 3.54. The van der Waals surface area contributed by atoms with Crippen LogP contribution >= 0.6 is 11.6 Å². The lowest BCUT2D eigenvalue weighted by Gasteiger charge is -1.98. The number of hydrogen-bond acceptors (Lipinski definition) is 3. The van der Waals surface area contributed by atoms with Crippen molar-refractivity contribution in [2.75, 3.05) is 12.5 Å². The standard InChI is InChI=1S/C9H9Cl.C5H8O3/c1-8(7-10)9-5-3-2-4-6-9;1-3-8-5(7)4(2)6/h2-6H,1,7H2;6H,2-3H2,1H3. The van der Waals surface area contributed by atoms with Gasteiger partial charge in [0, 0.05) is 5.88 Å². The van der Waals surface area contributed by atoms with E-state index in [-0.39, 0.29) is 6.61 Å². The molecule has 1 rings (SSSR count). The number of carbonyl (C=O) groups excluding carboxylic acids is 1. The fourth-order valence-corrected chi connectivity index (χ4v) is 1.12. The first-order chi connectivity index (χ1) is 8.52. The highest BCUT2D eigenvalue weighted by Crippen LogP contribution is 2.11. The van der Waals surface area contributed by atoms with Gasteiger partial charge in [0.2, 0.25) is 0 Å². The molecule has 0 atom stereocenters. The third-order valence-electron chi connectivity index (χ3n) is 1.85. The molecule has 0 radical (unpaired) electrons. The van der Waals surface area contributed by atoms with Crippen LogP contribution in [-0.2, 0) is 9.53 Å². The van der Waals surface area contributed by atoms with Crippen LogP contribution in [0.3, 0.4) is 0 Å². The van der Waals surface area contributed by atoms with Crippen molar-refractivity contribution in [1.29, 1.82) is 0 Å². The summed E-state index contributed by atoms with van der Waals surface area (Å²) in [5.74, 6) is -0.802. The Labute approximate surface area is 112 Å². The number of ether oxygens (including phenoxy) is 1. The summed E-state index contributed by atoms with van der Waals surface area (Å²) in [6, 6.07) is 9.95. The first-order valence-electron chi connectivity index (χ1n) is 5.37. The van der Waals surface area contributed by atoms with Crippen molar-refractivity contribution in [3.63, 3.8) is 0 Å². The van der Waals surface area contributed by atoms with Crippen molar-refractivity contribution in [3.8, 4) is 0 Å². The van der Waals surface area contributed by atoms with Crippen LogP contribution < -0.4 is 0 Å². The second kappa shape index (κ2) is 9.31. The Morgan fingerprint density at radius 1 is 1.33 bits per heavy atom. The van der Waals surface area contributed by atoms with Gasteiger partial charge < -0.3 is 9.84 Å². The number of alkyl halides is 1. The van der Waals surface area contributed by atoms with Crippen molar-refractivity contribution in [3.05, 3.63) is 54.8 Å². The lowest BCUT2D eigenvalue weighted by molar-refractivity contribution is -0.141. The summed E-state index contributed by atoms with van der Waals surface area (Å²) < 4.78 is 4.31. The minimum Gasteiger partial charge on any atom is -0.502 e. The molecule has 3 nitrogen and oxygen atoms in total. The molecule has 0 saturated heterocycles. The van der Waals surface area contributed by atoms with Crippen molar-refractivity contribution < 1.29 is 14.6 Å². The van der Waals surface area contributed by atoms with Crippen LogP contribution in [0.15, 0.2) is 49.2 Å². The van der Waals surface area contributed by atoms with E-state index >= 15 is 0 Å². The molecule has 98 valence electrons. The molecule has 0 saturated carbocycles. The molecule has 18 heavy (non-hydrogen) atoms. The molecule has 1 aromatic rings. The SMILES string of the molecule is C=C(CCl)c1ccccc1.C=C(O)C(=O)OCC. The van der Waals surface area contributed by atoms with Gasteiger partial charge in [0.05, 0.1) is 6.61 Å². The van der Waals surface area contributed by atoms with E-state index in [0.717, 1.165) is 11.1 Å². The summed E-state index contributed by atoms with van der Waals surface area (Å²) in [6.45, 7) is 8.68. The number of carbonyl (C=O) groups is 1. The molecule has 0 spiro atoms. The second-order valence-electron chi connectivity index (χ2n) is 3.27. The summed E-state index contributed by atoms with van der Waals surface area (Å²) in [4.78, 5) is 10.2. The minimum absolute atomic E-state index is 0.262. The van der Waals surface area contributed by atoms with Gasteiger partial charge in [0.15, 0.2) is 5.76 Å². The van der Waals surface area contributed by atoms with Crippen LogP contribution in [0.4, 0.5) is 0 Å². The van der Waals surface area contributed by atoms with Gasteiger partial charge in [0.25, 0.3) is 0 Å². The quantitative estimate of drug-likeness (QED) is 0.393. The number of benzene rings is 1. The Morgan fingerprint density at radius 2 is 1.89 bits per heavy atom. The van der Waals surface area contributed by atoms with Gasteiger partial charge in [-0.1, -0.05) is 36.9 Å². The average molecular weight is 269 g/mol. The monoisotopic (exact) mass is 268 g/mol. The number of rotatable bonds is 4. The first kappa shape index (κ1) is 16.3. The molecule has 4 heteroatoms. The van der Waals surface area contributed by atoms with Crippen LogP contribution in [0.1, 0.15) is 12.5 Å². The molecule has 0 aliphatic rings. The molecule has 0 aromatic heterocycles. The maximum Gasteiger partial charge on any atom is 0.372 e. The highest BCUT2D eigenvalue weighted by molar-refractivity contribution is 6.23. The number of halogens is 1. The predicted octanol–water partition coefficient (Wildman–Crippen LogP) is 3.56. The Morgan fingerprint density at radius 3 is 2.22 bits per heavy atom. The molecule has 0 bridgehead atoms. The van der Waals surface area contributed by atoms with E-state index in [1.165, 1.54) is 0 Å². The highest BCUT2D eigenvalue weighted by Gasteiger charge is 2.01. The van der Waals surface area contributed by atoms with Crippen molar-refractivity contribution in [2.45, 2.75) is 6.92 Å². The van der Waals surface area contributed by atoms with E-state index < -0.39 is 11.7 Å². The van der Waals surface area contributed by atoms with Crippen LogP contribution in [0.5, 0.6) is 0 Å². The summed E-state index contributed by atoms with van der Waals surface area (Å²) in [5.41, 5.74) is 2.10. The maximum absolute atomic E-state index is 10.2. The molecule has 0 aliphatic carbocycles. The van der Waals surface area contributed by atoms with Crippen molar-refractivity contribution in [1.82, 2.24) is 0 Å². The van der Waals surface area contributed by atoms with Gasteiger partial charge in [-0.2, -0.15) is 0 Å². The number of hydrogen-bond donors (Lipinski definition) is 1. The fraction of sp³-hybridized carbons (Fsp3) is 0.214. The van der Waals surface area contributed by atoms with Crippen LogP contribution in [0.2, 0.25) is 0 Å². The molecule has 0 aliphatic heterocycles. The van der Waals surface area contributed by atoms with Gasteiger partial charge in [-0.3, -0.25) is 0 Å². The molecule has 0 unspecified atom stereocenters. The van der Waals surface area contributed by atoms with Gasteiger partial charge in [-0.05, 0) is 24.6 Å². The molecule has 1 N–H and O–H groups in total. The molecular formula is C14H17ClO3. The van der Waals surface area contributed by atoms with Crippen LogP contribution in [0, 0.1) is 0 Å². The van der Waals surface area contributed by atoms with Crippen LogP contribution in [0.25, 0.3) is 5.57 Å². The van der Waals surface area contributed by atoms with E-state index in [4.69, 9.17) is 16.7 Å². The van der Waals surface area contributed by atoms with E-state index in [2.05, 4.69) is 17.9 Å². The summed E-state index contributed by atoms with van der Waals surface area (Å²) in [6.07, 6.45) is 0. The van der Waals surface area contributed by atoms with Crippen molar-refractivity contribution >= 4 is 23.1 Å². The number of allylic oxidation sites excluding steroid dienone is 1.